The van der Waals surface area contributed by atoms with Crippen molar-refractivity contribution in [2.75, 3.05) is 38.6 Å². The molecular formula is C26H37N5O5. The van der Waals surface area contributed by atoms with Crippen LogP contribution in [0.3, 0.4) is 0 Å². The van der Waals surface area contributed by atoms with Gasteiger partial charge in [-0.05, 0) is 43.0 Å². The first-order chi connectivity index (χ1) is 17.0. The lowest BCUT2D eigenvalue weighted by Gasteiger charge is -2.29. The van der Waals surface area contributed by atoms with Gasteiger partial charge in [0.1, 0.15) is 12.1 Å². The minimum absolute atomic E-state index is 0.0442. The van der Waals surface area contributed by atoms with E-state index in [1.54, 1.807) is 12.1 Å². The molecule has 1 aromatic rings. The van der Waals surface area contributed by atoms with Crippen molar-refractivity contribution in [2.45, 2.75) is 58.2 Å². The van der Waals surface area contributed by atoms with Crippen LogP contribution in [-0.4, -0.2) is 91.1 Å². The van der Waals surface area contributed by atoms with Crippen molar-refractivity contribution in [3.8, 4) is 0 Å². The molecule has 2 saturated heterocycles. The number of carbonyl (C=O) groups is 5. The Balaban J connectivity index is 1.70. The molecule has 2 fully saturated rings. The second-order valence-corrected chi connectivity index (χ2v) is 10.2. The number of benzene rings is 1. The summed E-state index contributed by atoms with van der Waals surface area (Å²) in [6.45, 7) is 5.83. The lowest BCUT2D eigenvalue weighted by molar-refractivity contribution is -0.138. The molecule has 4 amide bonds. The Bertz CT molecular complexity index is 1010. The Hall–Kier alpha value is -3.43. The van der Waals surface area contributed by atoms with Gasteiger partial charge in [0.25, 0.3) is 5.91 Å². The fourth-order valence-corrected chi connectivity index (χ4v) is 4.92. The molecule has 0 aromatic heterocycles. The highest BCUT2D eigenvalue weighted by Crippen LogP contribution is 2.31. The van der Waals surface area contributed by atoms with Crippen molar-refractivity contribution < 1.29 is 24.0 Å². The normalized spacial score (nSPS) is 19.8. The van der Waals surface area contributed by atoms with Gasteiger partial charge in [-0.15, -0.1) is 0 Å². The monoisotopic (exact) mass is 499 g/mol. The molecule has 0 spiro atoms. The predicted octanol–water partition coefficient (Wildman–Crippen LogP) is 0.804. The SMILES string of the molecule is CC(=O)NCCC(=O)N1CC(=O)C2C1CCN2C(=O)[C@H](CC(C)C)NC(=O)c1ccc(N(C)C)cc1. The number of Topliss-reactive ketones (excluding diaryl/α,β-unsaturated/α-hetero) is 1. The zero-order chi connectivity index (χ0) is 26.6. The second-order valence-electron chi connectivity index (χ2n) is 10.2. The first-order valence-corrected chi connectivity index (χ1v) is 12.4. The third-order valence-electron chi connectivity index (χ3n) is 6.70. The van der Waals surface area contributed by atoms with Crippen molar-refractivity contribution >= 4 is 35.1 Å². The van der Waals surface area contributed by atoms with Gasteiger partial charge in [-0.25, -0.2) is 0 Å². The van der Waals surface area contributed by atoms with Crippen LogP contribution in [0.2, 0.25) is 0 Å². The van der Waals surface area contributed by atoms with Gasteiger partial charge >= 0.3 is 0 Å². The molecular weight excluding hydrogens is 462 g/mol. The molecule has 3 rings (SSSR count). The molecule has 196 valence electrons. The number of rotatable bonds is 9. The minimum Gasteiger partial charge on any atom is -0.378 e. The number of fused-ring (bicyclic) bond motifs is 1. The van der Waals surface area contributed by atoms with Crippen LogP contribution in [0.4, 0.5) is 5.69 Å². The maximum Gasteiger partial charge on any atom is 0.251 e. The maximum absolute atomic E-state index is 13.6. The number of likely N-dealkylation sites (tertiary alicyclic amines) is 2. The van der Waals surface area contributed by atoms with Crippen LogP contribution in [0.1, 0.15) is 50.4 Å². The molecule has 2 aliphatic rings. The van der Waals surface area contributed by atoms with E-state index in [4.69, 9.17) is 0 Å². The Labute approximate surface area is 212 Å². The average molecular weight is 500 g/mol. The summed E-state index contributed by atoms with van der Waals surface area (Å²) in [5.74, 6) is -1.11. The van der Waals surface area contributed by atoms with Gasteiger partial charge in [0.15, 0.2) is 5.78 Å². The first-order valence-electron chi connectivity index (χ1n) is 12.4. The highest BCUT2D eigenvalue weighted by Gasteiger charge is 2.52. The van der Waals surface area contributed by atoms with E-state index in [2.05, 4.69) is 10.6 Å². The number of hydrogen-bond acceptors (Lipinski definition) is 6. The topological polar surface area (TPSA) is 119 Å². The summed E-state index contributed by atoms with van der Waals surface area (Å²) in [5.41, 5.74) is 1.41. The van der Waals surface area contributed by atoms with E-state index in [1.165, 1.54) is 16.7 Å². The summed E-state index contributed by atoms with van der Waals surface area (Å²) in [6.07, 6.45) is 1.03. The van der Waals surface area contributed by atoms with Crippen molar-refractivity contribution in [2.24, 2.45) is 5.92 Å². The van der Waals surface area contributed by atoms with Crippen molar-refractivity contribution in [1.82, 2.24) is 20.4 Å². The molecule has 0 radical (unpaired) electrons. The summed E-state index contributed by atoms with van der Waals surface area (Å²) < 4.78 is 0. The van der Waals surface area contributed by atoms with Crippen LogP contribution in [0.5, 0.6) is 0 Å². The number of amides is 4. The number of ketones is 1. The van der Waals surface area contributed by atoms with Gasteiger partial charge in [0, 0.05) is 51.8 Å². The van der Waals surface area contributed by atoms with E-state index < -0.39 is 12.1 Å². The number of nitrogens with one attached hydrogen (secondary N) is 2. The number of anilines is 1. The molecule has 0 saturated carbocycles. The summed E-state index contributed by atoms with van der Waals surface area (Å²) in [6, 6.07) is 5.27. The third kappa shape index (κ3) is 6.22. The molecule has 2 aliphatic heterocycles. The van der Waals surface area contributed by atoms with Crippen LogP contribution in [0, 0.1) is 5.92 Å². The molecule has 2 N–H and O–H groups in total. The quantitative estimate of drug-likeness (QED) is 0.519. The number of carbonyl (C=O) groups excluding carboxylic acids is 5. The third-order valence-corrected chi connectivity index (χ3v) is 6.70. The van der Waals surface area contributed by atoms with E-state index in [0.717, 1.165) is 5.69 Å². The lowest BCUT2D eigenvalue weighted by Crippen LogP contribution is -2.53. The van der Waals surface area contributed by atoms with Gasteiger partial charge < -0.3 is 25.3 Å². The molecule has 0 aliphatic carbocycles. The van der Waals surface area contributed by atoms with Crippen LogP contribution in [0.15, 0.2) is 24.3 Å². The van der Waals surface area contributed by atoms with Crippen LogP contribution >= 0.6 is 0 Å². The van der Waals surface area contributed by atoms with Crippen molar-refractivity contribution in [3.63, 3.8) is 0 Å². The Morgan fingerprint density at radius 1 is 1.08 bits per heavy atom. The second kappa shape index (κ2) is 11.5. The standard InChI is InChI=1S/C26H37N5O5/c1-16(2)14-20(28-25(35)18-6-8-19(9-7-18)29(4)5)26(36)30-13-11-21-24(30)22(33)15-31(21)23(34)10-12-27-17(3)32/h6-9,16,20-21,24H,10-15H2,1-5H3,(H,27,32)(H,28,35)/t20-,21?,24?/m0/s1. The summed E-state index contributed by atoms with van der Waals surface area (Å²) in [4.78, 5) is 68.3. The fraction of sp³-hybridized carbons (Fsp3) is 0.577. The summed E-state index contributed by atoms with van der Waals surface area (Å²) in [5, 5.41) is 5.47. The van der Waals surface area contributed by atoms with Crippen LogP contribution < -0.4 is 15.5 Å². The largest absolute Gasteiger partial charge is 0.378 e. The van der Waals surface area contributed by atoms with Crippen molar-refractivity contribution in [3.05, 3.63) is 29.8 Å². The van der Waals surface area contributed by atoms with Gasteiger partial charge in [-0.1, -0.05) is 13.8 Å². The highest BCUT2D eigenvalue weighted by atomic mass is 16.2. The molecule has 36 heavy (non-hydrogen) atoms. The molecule has 0 bridgehead atoms. The van der Waals surface area contributed by atoms with E-state index in [9.17, 15) is 24.0 Å². The Morgan fingerprint density at radius 3 is 2.33 bits per heavy atom. The molecule has 10 heteroatoms. The van der Waals surface area contributed by atoms with E-state index in [-0.39, 0.29) is 60.9 Å². The zero-order valence-corrected chi connectivity index (χ0v) is 21.7. The maximum atomic E-state index is 13.6. The number of hydrogen-bond donors (Lipinski definition) is 2. The molecule has 2 unspecified atom stereocenters. The molecule has 10 nitrogen and oxygen atoms in total. The molecule has 3 atom stereocenters. The first kappa shape index (κ1) is 27.2. The van der Waals surface area contributed by atoms with E-state index in [0.29, 0.717) is 24.9 Å². The summed E-state index contributed by atoms with van der Waals surface area (Å²) in [7, 11) is 3.83. The van der Waals surface area contributed by atoms with Gasteiger partial charge in [0.2, 0.25) is 17.7 Å². The predicted molar refractivity (Wildman–Crippen MR) is 135 cm³/mol. The molecule has 1 aromatic carbocycles. The minimum atomic E-state index is -0.776. The smallest absolute Gasteiger partial charge is 0.251 e. The van der Waals surface area contributed by atoms with Gasteiger partial charge in [-0.2, -0.15) is 0 Å². The van der Waals surface area contributed by atoms with Crippen LogP contribution in [-0.2, 0) is 19.2 Å². The summed E-state index contributed by atoms with van der Waals surface area (Å²) >= 11 is 0. The Morgan fingerprint density at radius 2 is 1.75 bits per heavy atom. The lowest BCUT2D eigenvalue weighted by atomic mass is 10.0. The van der Waals surface area contributed by atoms with Crippen LogP contribution in [0.25, 0.3) is 0 Å². The average Bonchev–Trinajstić information content (AvgIpc) is 3.39. The number of nitrogens with zero attached hydrogens (tertiary/aromatic N) is 3. The van der Waals surface area contributed by atoms with E-state index in [1.807, 2.05) is 45.0 Å². The zero-order valence-electron chi connectivity index (χ0n) is 21.7. The fourth-order valence-electron chi connectivity index (χ4n) is 4.92. The highest BCUT2D eigenvalue weighted by molar-refractivity contribution is 6.01. The van der Waals surface area contributed by atoms with Crippen molar-refractivity contribution in [1.29, 1.82) is 0 Å². The van der Waals surface area contributed by atoms with E-state index >= 15 is 0 Å². The van der Waals surface area contributed by atoms with Gasteiger partial charge in [-0.3, -0.25) is 24.0 Å². The molecule has 2 heterocycles. The Kier molecular flexibility index (Phi) is 8.70. The van der Waals surface area contributed by atoms with Gasteiger partial charge in [0.05, 0.1) is 12.6 Å².